The zero-order valence-electron chi connectivity index (χ0n) is 19.3. The van der Waals surface area contributed by atoms with Gasteiger partial charge in [0.15, 0.2) is 0 Å². The van der Waals surface area contributed by atoms with Gasteiger partial charge in [0.25, 0.3) is 5.91 Å². The highest BCUT2D eigenvalue weighted by Crippen LogP contribution is 2.24. The lowest BCUT2D eigenvalue weighted by Gasteiger charge is -2.19. The zero-order chi connectivity index (χ0) is 24.6. The van der Waals surface area contributed by atoms with E-state index >= 15 is 0 Å². The van der Waals surface area contributed by atoms with Crippen molar-refractivity contribution >= 4 is 17.7 Å². The van der Waals surface area contributed by atoms with Crippen molar-refractivity contribution in [2.75, 3.05) is 5.32 Å². The average Bonchev–Trinajstić information content (AvgIpc) is 3.33. The molecule has 4 rings (SSSR count). The number of nitrogens with two attached hydrogens (primary N) is 1. The van der Waals surface area contributed by atoms with E-state index in [1.54, 1.807) is 18.2 Å². The first-order chi connectivity index (χ1) is 17.0. The molecule has 1 atom stereocenters. The third kappa shape index (κ3) is 6.33. The minimum Gasteiger partial charge on any atom is -0.445 e. The molecule has 0 aliphatic rings. The van der Waals surface area contributed by atoms with Crippen molar-refractivity contribution in [3.8, 4) is 11.3 Å². The molecule has 3 aromatic carbocycles. The number of amides is 2. The van der Waals surface area contributed by atoms with E-state index in [0.29, 0.717) is 17.8 Å². The fraction of sp³-hybridized carbons (Fsp3) is 0.148. The van der Waals surface area contributed by atoms with E-state index in [4.69, 9.17) is 10.5 Å². The summed E-state index contributed by atoms with van der Waals surface area (Å²) in [4.78, 5) is 26.0. The summed E-state index contributed by atoms with van der Waals surface area (Å²) < 4.78 is 5.37. The van der Waals surface area contributed by atoms with Gasteiger partial charge < -0.3 is 21.1 Å². The first kappa shape index (κ1) is 23.7. The fourth-order valence-corrected chi connectivity index (χ4v) is 3.62. The Labute approximate surface area is 203 Å². The Kier molecular flexibility index (Phi) is 7.54. The number of alkyl carbamates (subject to hydrolysis) is 1. The van der Waals surface area contributed by atoms with Crippen LogP contribution in [0.1, 0.15) is 28.4 Å². The van der Waals surface area contributed by atoms with Crippen LogP contribution in [0.4, 0.5) is 10.5 Å². The fourth-order valence-electron chi connectivity index (χ4n) is 3.62. The van der Waals surface area contributed by atoms with Gasteiger partial charge in [-0.2, -0.15) is 5.10 Å². The largest absolute Gasteiger partial charge is 0.445 e. The molecule has 0 radical (unpaired) electrons. The van der Waals surface area contributed by atoms with Gasteiger partial charge >= 0.3 is 6.09 Å². The van der Waals surface area contributed by atoms with Crippen LogP contribution < -0.4 is 16.4 Å². The maximum atomic E-state index is 13.3. The molecule has 0 fully saturated rings. The van der Waals surface area contributed by atoms with Gasteiger partial charge in [-0.25, -0.2) is 4.79 Å². The number of hydrogen-bond donors (Lipinski definition) is 4. The second-order valence-corrected chi connectivity index (χ2v) is 8.09. The van der Waals surface area contributed by atoms with Gasteiger partial charge in [-0.3, -0.25) is 9.89 Å². The molecule has 0 spiro atoms. The first-order valence-corrected chi connectivity index (χ1v) is 11.2. The lowest BCUT2D eigenvalue weighted by molar-refractivity contribution is -0.118. The van der Waals surface area contributed by atoms with E-state index in [9.17, 15) is 9.59 Å². The molecule has 35 heavy (non-hydrogen) atoms. The van der Waals surface area contributed by atoms with Gasteiger partial charge in [0.05, 0.1) is 5.69 Å². The summed E-state index contributed by atoms with van der Waals surface area (Å²) >= 11 is 0. The van der Waals surface area contributed by atoms with Crippen molar-refractivity contribution in [1.82, 2.24) is 15.5 Å². The number of benzene rings is 3. The molecule has 0 aliphatic heterocycles. The number of nitrogens with zero attached hydrogens (tertiary/aromatic N) is 1. The predicted octanol–water partition coefficient (Wildman–Crippen LogP) is 4.45. The number of nitrogens with one attached hydrogen (secondary N) is 3. The molecule has 1 aromatic heterocycles. The van der Waals surface area contributed by atoms with E-state index in [0.717, 1.165) is 28.1 Å². The van der Waals surface area contributed by atoms with E-state index in [1.165, 1.54) is 0 Å². The highest BCUT2D eigenvalue weighted by atomic mass is 16.5. The molecule has 4 aromatic rings. The Hall–Kier alpha value is -4.43. The molecule has 0 saturated heterocycles. The number of hydrogen-bond acceptors (Lipinski definition) is 5. The summed E-state index contributed by atoms with van der Waals surface area (Å²) in [5.41, 5.74) is 11.1. The normalized spacial score (nSPS) is 11.5. The van der Waals surface area contributed by atoms with E-state index in [-0.39, 0.29) is 6.61 Å². The van der Waals surface area contributed by atoms with Gasteiger partial charge in [-0.1, -0.05) is 60.7 Å². The first-order valence-electron chi connectivity index (χ1n) is 11.2. The summed E-state index contributed by atoms with van der Waals surface area (Å²) in [6.45, 7) is 2.35. The third-order valence-corrected chi connectivity index (χ3v) is 5.39. The van der Waals surface area contributed by atoms with Gasteiger partial charge in [0, 0.05) is 23.5 Å². The summed E-state index contributed by atoms with van der Waals surface area (Å²) in [5, 5.41) is 12.8. The minimum absolute atomic E-state index is 0.0894. The highest BCUT2D eigenvalue weighted by Gasteiger charge is 2.24. The number of H-pyrrole nitrogens is 1. The number of aryl methyl sites for hydroxylation is 1. The molecule has 0 aliphatic carbocycles. The van der Waals surface area contributed by atoms with Crippen molar-refractivity contribution in [2.45, 2.75) is 26.1 Å². The minimum atomic E-state index is -1.00. The van der Waals surface area contributed by atoms with Crippen LogP contribution >= 0.6 is 0 Å². The van der Waals surface area contributed by atoms with Crippen molar-refractivity contribution in [3.05, 3.63) is 107 Å². The molecule has 0 bridgehead atoms. The lowest BCUT2D eigenvalue weighted by atomic mass is 10.0. The van der Waals surface area contributed by atoms with Gasteiger partial charge in [0.2, 0.25) is 0 Å². The summed E-state index contributed by atoms with van der Waals surface area (Å²) in [6, 6.07) is 24.8. The monoisotopic (exact) mass is 469 g/mol. The van der Waals surface area contributed by atoms with E-state index < -0.39 is 18.0 Å². The Morgan fingerprint density at radius 3 is 2.49 bits per heavy atom. The van der Waals surface area contributed by atoms with Crippen LogP contribution in [0, 0.1) is 6.92 Å². The molecule has 1 heterocycles. The highest BCUT2D eigenvalue weighted by molar-refractivity contribution is 5.97. The van der Waals surface area contributed by atoms with Crippen LogP contribution in [-0.2, 0) is 22.7 Å². The SMILES string of the molecule is Cc1cc(-c2cccc([C@H](NC(=O)OCc3ccccc3)C(=O)Nc3cccc(CN)c3)c2)n[nH]1. The number of anilines is 1. The molecule has 5 N–H and O–H groups in total. The average molecular weight is 470 g/mol. The van der Waals surface area contributed by atoms with Crippen LogP contribution in [0.3, 0.4) is 0 Å². The molecular weight excluding hydrogens is 442 g/mol. The Morgan fingerprint density at radius 1 is 0.971 bits per heavy atom. The molecule has 178 valence electrons. The molecular formula is C27H27N5O3. The Morgan fingerprint density at radius 2 is 1.74 bits per heavy atom. The number of carbonyl (C=O) groups is 2. The van der Waals surface area contributed by atoms with Crippen LogP contribution in [0.15, 0.2) is 84.9 Å². The Bertz CT molecular complexity index is 1300. The maximum Gasteiger partial charge on any atom is 0.408 e. The van der Waals surface area contributed by atoms with Gasteiger partial charge in [-0.05, 0) is 47.9 Å². The number of rotatable bonds is 8. The van der Waals surface area contributed by atoms with Gasteiger partial charge in [0.1, 0.15) is 12.6 Å². The topological polar surface area (TPSA) is 122 Å². The van der Waals surface area contributed by atoms with Crippen molar-refractivity contribution in [1.29, 1.82) is 0 Å². The van der Waals surface area contributed by atoms with Crippen LogP contribution in [-0.4, -0.2) is 22.2 Å². The van der Waals surface area contributed by atoms with E-state index in [1.807, 2.05) is 73.7 Å². The van der Waals surface area contributed by atoms with Crippen LogP contribution in [0.25, 0.3) is 11.3 Å². The third-order valence-electron chi connectivity index (χ3n) is 5.39. The summed E-state index contributed by atoms with van der Waals surface area (Å²) in [5.74, 6) is -0.411. The number of carbonyl (C=O) groups excluding carboxylic acids is 2. The standard InChI is InChI=1S/C27H27N5O3/c1-18-13-24(32-31-18)21-10-6-11-22(15-21)25(26(33)29-23-12-5-9-20(14-23)16-28)30-27(34)35-17-19-7-3-2-4-8-19/h2-15,25H,16-17,28H2,1H3,(H,29,33)(H,30,34)(H,31,32)/t25-/m0/s1. The summed E-state index contributed by atoms with van der Waals surface area (Å²) in [6.07, 6.45) is -0.703. The lowest BCUT2D eigenvalue weighted by Crippen LogP contribution is -2.37. The van der Waals surface area contributed by atoms with Crippen LogP contribution in [0.5, 0.6) is 0 Å². The molecule has 0 unspecified atom stereocenters. The van der Waals surface area contributed by atoms with Crippen LogP contribution in [0.2, 0.25) is 0 Å². The number of aromatic amines is 1. The molecule has 8 nitrogen and oxygen atoms in total. The smallest absolute Gasteiger partial charge is 0.408 e. The second-order valence-electron chi connectivity index (χ2n) is 8.09. The molecule has 0 saturated carbocycles. The van der Waals surface area contributed by atoms with Crippen molar-refractivity contribution < 1.29 is 14.3 Å². The second kappa shape index (κ2) is 11.1. The molecule has 8 heteroatoms. The van der Waals surface area contributed by atoms with Crippen molar-refractivity contribution in [2.24, 2.45) is 5.73 Å². The van der Waals surface area contributed by atoms with Crippen molar-refractivity contribution in [3.63, 3.8) is 0 Å². The predicted molar refractivity (Wildman–Crippen MR) is 134 cm³/mol. The Balaban J connectivity index is 1.57. The number of ether oxygens (including phenoxy) is 1. The molecule has 2 amide bonds. The zero-order valence-corrected chi connectivity index (χ0v) is 19.3. The quantitative estimate of drug-likeness (QED) is 0.304. The summed E-state index contributed by atoms with van der Waals surface area (Å²) in [7, 11) is 0. The maximum absolute atomic E-state index is 13.3. The van der Waals surface area contributed by atoms with E-state index in [2.05, 4.69) is 20.8 Å². The number of aromatic nitrogens is 2. The van der Waals surface area contributed by atoms with Gasteiger partial charge in [-0.15, -0.1) is 0 Å².